The molecule has 0 fully saturated rings. The Hall–Kier alpha value is -1.60. The van der Waals surface area contributed by atoms with Crippen molar-refractivity contribution in [2.75, 3.05) is 6.61 Å². The zero-order chi connectivity index (χ0) is 10.8. The van der Waals surface area contributed by atoms with E-state index in [1.54, 1.807) is 0 Å². The van der Waals surface area contributed by atoms with E-state index in [1.165, 1.54) is 12.3 Å². The molecule has 1 aromatic rings. The van der Waals surface area contributed by atoms with Gasteiger partial charge in [0.15, 0.2) is 6.61 Å². The van der Waals surface area contributed by atoms with Crippen molar-refractivity contribution < 1.29 is 24.3 Å². The quantitative estimate of drug-likeness (QED) is 0.605. The fourth-order valence-corrected chi connectivity index (χ4v) is 1.30. The summed E-state index contributed by atoms with van der Waals surface area (Å²) < 4.78 is 9.84. The SMILES string of the molecule is O=C(O)COc1cnc2c(c1)B(O)OC2. The Labute approximate surface area is 85.6 Å². The number of hydrogen-bond donors (Lipinski definition) is 2. The maximum Gasteiger partial charge on any atom is 0.493 e. The highest BCUT2D eigenvalue weighted by atomic mass is 16.5. The second-order valence-corrected chi connectivity index (χ2v) is 3.05. The van der Waals surface area contributed by atoms with E-state index in [2.05, 4.69) is 4.98 Å². The van der Waals surface area contributed by atoms with Crippen LogP contribution in [0, 0.1) is 0 Å². The van der Waals surface area contributed by atoms with Crippen molar-refractivity contribution in [1.29, 1.82) is 0 Å². The number of carboxylic acid groups (broad SMARTS) is 1. The molecule has 0 saturated carbocycles. The van der Waals surface area contributed by atoms with Gasteiger partial charge in [-0.15, -0.1) is 0 Å². The Morgan fingerprint density at radius 3 is 3.27 bits per heavy atom. The molecule has 0 bridgehead atoms. The van der Waals surface area contributed by atoms with Crippen LogP contribution < -0.4 is 10.2 Å². The van der Waals surface area contributed by atoms with Gasteiger partial charge >= 0.3 is 13.1 Å². The van der Waals surface area contributed by atoms with Gasteiger partial charge in [0.2, 0.25) is 0 Å². The summed E-state index contributed by atoms with van der Waals surface area (Å²) in [5, 5.41) is 17.7. The number of carbonyl (C=O) groups is 1. The monoisotopic (exact) mass is 209 g/mol. The van der Waals surface area contributed by atoms with Gasteiger partial charge in [-0.3, -0.25) is 4.98 Å². The van der Waals surface area contributed by atoms with E-state index in [1.807, 2.05) is 0 Å². The first-order chi connectivity index (χ1) is 7.16. The maximum atomic E-state index is 10.3. The van der Waals surface area contributed by atoms with Crippen molar-refractivity contribution in [1.82, 2.24) is 4.98 Å². The molecular weight excluding hydrogens is 201 g/mol. The molecule has 78 valence electrons. The predicted octanol–water partition coefficient (Wildman–Crippen LogP) is -1.24. The molecule has 1 aliphatic rings. The Morgan fingerprint density at radius 1 is 1.73 bits per heavy atom. The molecule has 0 spiro atoms. The fourth-order valence-electron chi connectivity index (χ4n) is 1.30. The highest BCUT2D eigenvalue weighted by Crippen LogP contribution is 2.13. The third-order valence-corrected chi connectivity index (χ3v) is 1.98. The summed E-state index contributed by atoms with van der Waals surface area (Å²) in [5.74, 6) is -0.756. The summed E-state index contributed by atoms with van der Waals surface area (Å²) >= 11 is 0. The van der Waals surface area contributed by atoms with Gasteiger partial charge in [0.05, 0.1) is 18.5 Å². The van der Waals surface area contributed by atoms with Crippen LogP contribution in [0.5, 0.6) is 5.75 Å². The molecule has 6 nitrogen and oxygen atoms in total. The number of carboxylic acids is 1. The molecule has 0 atom stereocenters. The van der Waals surface area contributed by atoms with Crippen molar-refractivity contribution in [2.45, 2.75) is 6.61 Å². The van der Waals surface area contributed by atoms with Crippen LogP contribution in [0.2, 0.25) is 0 Å². The first-order valence-corrected chi connectivity index (χ1v) is 4.30. The zero-order valence-corrected chi connectivity index (χ0v) is 7.71. The molecule has 0 aliphatic carbocycles. The van der Waals surface area contributed by atoms with Crippen LogP contribution in [0.25, 0.3) is 0 Å². The van der Waals surface area contributed by atoms with E-state index in [-0.39, 0.29) is 6.61 Å². The van der Waals surface area contributed by atoms with Crippen LogP contribution in [0.1, 0.15) is 5.69 Å². The molecule has 7 heteroatoms. The largest absolute Gasteiger partial charge is 0.493 e. The van der Waals surface area contributed by atoms with Gasteiger partial charge in [-0.2, -0.15) is 0 Å². The zero-order valence-electron chi connectivity index (χ0n) is 7.71. The Balaban J connectivity index is 2.14. The third-order valence-electron chi connectivity index (χ3n) is 1.98. The number of hydrogen-bond acceptors (Lipinski definition) is 5. The number of aliphatic carboxylic acids is 1. The van der Waals surface area contributed by atoms with Gasteiger partial charge in [-0.25, -0.2) is 4.79 Å². The molecule has 0 amide bonds. The van der Waals surface area contributed by atoms with E-state index in [9.17, 15) is 9.82 Å². The third kappa shape index (κ3) is 2.08. The Kier molecular flexibility index (Phi) is 2.57. The van der Waals surface area contributed by atoms with E-state index in [0.717, 1.165) is 0 Å². The summed E-state index contributed by atoms with van der Waals surface area (Å²) in [6, 6.07) is 1.53. The van der Waals surface area contributed by atoms with Gasteiger partial charge in [0, 0.05) is 5.46 Å². The van der Waals surface area contributed by atoms with E-state index < -0.39 is 19.7 Å². The lowest BCUT2D eigenvalue weighted by molar-refractivity contribution is -0.139. The lowest BCUT2D eigenvalue weighted by Crippen LogP contribution is -2.28. The van der Waals surface area contributed by atoms with Gasteiger partial charge in [-0.05, 0) is 6.07 Å². The highest BCUT2D eigenvalue weighted by Gasteiger charge is 2.28. The van der Waals surface area contributed by atoms with E-state index in [4.69, 9.17) is 14.5 Å². The van der Waals surface area contributed by atoms with E-state index in [0.29, 0.717) is 16.9 Å². The van der Waals surface area contributed by atoms with Crippen LogP contribution in [0.15, 0.2) is 12.3 Å². The van der Waals surface area contributed by atoms with Gasteiger partial charge in [0.25, 0.3) is 0 Å². The number of nitrogens with zero attached hydrogens (tertiary/aromatic N) is 1. The van der Waals surface area contributed by atoms with Crippen LogP contribution in [-0.4, -0.2) is 34.8 Å². The molecule has 1 aliphatic heterocycles. The number of ether oxygens (including phenoxy) is 1. The van der Waals surface area contributed by atoms with Crippen molar-refractivity contribution in [3.63, 3.8) is 0 Å². The Morgan fingerprint density at radius 2 is 2.53 bits per heavy atom. The minimum Gasteiger partial charge on any atom is -0.480 e. The normalized spacial score (nSPS) is 13.8. The van der Waals surface area contributed by atoms with Gasteiger partial charge in [-0.1, -0.05) is 0 Å². The first-order valence-electron chi connectivity index (χ1n) is 4.30. The summed E-state index contributed by atoms with van der Waals surface area (Å²) in [4.78, 5) is 14.2. The van der Waals surface area contributed by atoms with Crippen molar-refractivity contribution in [3.05, 3.63) is 18.0 Å². The minimum atomic E-state index is -1.06. The molecule has 0 radical (unpaired) electrons. The fraction of sp³-hybridized carbons (Fsp3) is 0.250. The number of pyridine rings is 1. The summed E-state index contributed by atoms with van der Waals surface area (Å²) in [7, 11) is -0.999. The topological polar surface area (TPSA) is 88.9 Å². The number of fused-ring (bicyclic) bond motifs is 1. The summed E-state index contributed by atoms with van der Waals surface area (Å²) in [6.07, 6.45) is 1.41. The summed E-state index contributed by atoms with van der Waals surface area (Å²) in [5.41, 5.74) is 1.17. The van der Waals surface area contributed by atoms with Crippen LogP contribution in [-0.2, 0) is 16.1 Å². The second kappa shape index (κ2) is 3.88. The Bertz CT molecular complexity index is 397. The van der Waals surface area contributed by atoms with Crippen LogP contribution in [0.4, 0.5) is 0 Å². The van der Waals surface area contributed by atoms with E-state index >= 15 is 0 Å². The summed E-state index contributed by atoms with van der Waals surface area (Å²) in [6.45, 7) is -0.173. The molecule has 0 saturated heterocycles. The van der Waals surface area contributed by atoms with Gasteiger partial charge in [0.1, 0.15) is 5.75 Å². The molecular formula is C8H8BNO5. The number of aromatic nitrogens is 1. The molecule has 0 aromatic carbocycles. The first kappa shape index (κ1) is 9.94. The van der Waals surface area contributed by atoms with Crippen molar-refractivity contribution in [3.8, 4) is 5.75 Å². The standard InChI is InChI=1S/C8H8BNO5/c11-8(12)4-14-5-1-6-7(10-2-5)3-15-9(6)13/h1-2,13H,3-4H2,(H,11,12). The second-order valence-electron chi connectivity index (χ2n) is 3.05. The molecule has 2 N–H and O–H groups in total. The molecule has 15 heavy (non-hydrogen) atoms. The molecule has 0 unspecified atom stereocenters. The molecule has 2 heterocycles. The maximum absolute atomic E-state index is 10.3. The lowest BCUT2D eigenvalue weighted by Gasteiger charge is -2.04. The average Bonchev–Trinajstić information content (AvgIpc) is 2.57. The van der Waals surface area contributed by atoms with Gasteiger partial charge < -0.3 is 19.5 Å². The lowest BCUT2D eigenvalue weighted by atomic mass is 9.81. The predicted molar refractivity (Wildman–Crippen MR) is 49.8 cm³/mol. The van der Waals surface area contributed by atoms with Crippen molar-refractivity contribution >= 4 is 18.6 Å². The van der Waals surface area contributed by atoms with Crippen molar-refractivity contribution in [2.24, 2.45) is 0 Å². The minimum absolute atomic E-state index is 0.260. The molecule has 2 rings (SSSR count). The smallest absolute Gasteiger partial charge is 0.480 e. The van der Waals surface area contributed by atoms with Crippen LogP contribution >= 0.6 is 0 Å². The number of rotatable bonds is 3. The molecule has 1 aromatic heterocycles. The average molecular weight is 209 g/mol. The highest BCUT2D eigenvalue weighted by molar-refractivity contribution is 6.61. The van der Waals surface area contributed by atoms with Crippen LogP contribution in [0.3, 0.4) is 0 Å².